The predicted octanol–water partition coefficient (Wildman–Crippen LogP) is 5.19. The molecule has 2 aromatic carbocycles. The highest BCUT2D eigenvalue weighted by Gasteiger charge is 2.35. The van der Waals surface area contributed by atoms with Crippen molar-refractivity contribution in [3.63, 3.8) is 0 Å². The van der Waals surface area contributed by atoms with Crippen LogP contribution < -0.4 is 4.74 Å². The van der Waals surface area contributed by atoms with Crippen LogP contribution in [0.2, 0.25) is 0 Å². The van der Waals surface area contributed by atoms with Crippen molar-refractivity contribution in [2.75, 3.05) is 13.7 Å². The Kier molecular flexibility index (Phi) is 4.16. The van der Waals surface area contributed by atoms with Crippen molar-refractivity contribution in [1.82, 2.24) is 9.88 Å². The van der Waals surface area contributed by atoms with Gasteiger partial charge in [-0.3, -0.25) is 4.90 Å². The van der Waals surface area contributed by atoms with Crippen LogP contribution in [0.4, 0.5) is 0 Å². The van der Waals surface area contributed by atoms with Gasteiger partial charge in [0.25, 0.3) is 0 Å². The van der Waals surface area contributed by atoms with Crippen molar-refractivity contribution in [2.24, 2.45) is 5.92 Å². The lowest BCUT2D eigenvalue weighted by atomic mass is 9.90. The predicted molar refractivity (Wildman–Crippen MR) is 107 cm³/mol. The molecule has 0 amide bonds. The van der Waals surface area contributed by atoms with Gasteiger partial charge in [0, 0.05) is 30.1 Å². The van der Waals surface area contributed by atoms with Gasteiger partial charge in [-0.15, -0.1) is 0 Å². The van der Waals surface area contributed by atoms with Gasteiger partial charge < -0.3 is 9.15 Å². The zero-order chi connectivity index (χ0) is 18.4. The number of hydrogen-bond donors (Lipinski definition) is 0. The second kappa shape index (κ2) is 6.68. The maximum atomic E-state index is 6.13. The first-order chi connectivity index (χ1) is 13.2. The minimum atomic E-state index is 0.712. The van der Waals surface area contributed by atoms with Gasteiger partial charge in [-0.2, -0.15) is 0 Å². The number of rotatable bonds is 4. The fourth-order valence-corrected chi connectivity index (χ4v) is 4.95. The fraction of sp³-hybridized carbons (Fsp3) is 0.435. The molecule has 1 aliphatic carbocycles. The Bertz CT molecular complexity index is 978. The Morgan fingerprint density at radius 3 is 2.81 bits per heavy atom. The molecule has 5 rings (SSSR count). The van der Waals surface area contributed by atoms with Gasteiger partial charge in [-0.25, -0.2) is 4.98 Å². The Hall–Kier alpha value is -2.33. The molecule has 3 aromatic rings. The summed E-state index contributed by atoms with van der Waals surface area (Å²) in [5.41, 5.74) is 2.11. The zero-order valence-electron chi connectivity index (χ0n) is 16.1. The highest BCUT2D eigenvalue weighted by atomic mass is 16.5. The molecule has 2 bridgehead atoms. The van der Waals surface area contributed by atoms with Crippen LogP contribution >= 0.6 is 0 Å². The summed E-state index contributed by atoms with van der Waals surface area (Å²) < 4.78 is 11.6. The van der Waals surface area contributed by atoms with Crippen molar-refractivity contribution in [1.29, 1.82) is 0 Å². The first kappa shape index (κ1) is 16.8. The maximum absolute atomic E-state index is 6.13. The largest absolute Gasteiger partial charge is 0.496 e. The molecule has 2 fully saturated rings. The Morgan fingerprint density at radius 2 is 2.00 bits per heavy atom. The fourth-order valence-electron chi connectivity index (χ4n) is 4.95. The number of benzene rings is 2. The van der Waals surface area contributed by atoms with E-state index in [-0.39, 0.29) is 0 Å². The Morgan fingerprint density at radius 1 is 1.15 bits per heavy atom. The first-order valence-corrected chi connectivity index (χ1v) is 9.99. The smallest absolute Gasteiger partial charge is 0.227 e. The number of oxazole rings is 1. The van der Waals surface area contributed by atoms with E-state index in [1.165, 1.54) is 32.2 Å². The van der Waals surface area contributed by atoms with Gasteiger partial charge in [0.05, 0.1) is 12.8 Å². The molecule has 1 saturated carbocycles. The number of fused-ring (bicyclic) bond motifs is 3. The number of nitrogens with zero attached hydrogens (tertiary/aromatic N) is 2. The Labute approximate surface area is 160 Å². The van der Waals surface area contributed by atoms with Crippen molar-refractivity contribution < 1.29 is 9.15 Å². The van der Waals surface area contributed by atoms with Crippen molar-refractivity contribution in [2.45, 2.75) is 45.2 Å². The van der Waals surface area contributed by atoms with Gasteiger partial charge in [-0.05, 0) is 49.6 Å². The van der Waals surface area contributed by atoms with Gasteiger partial charge >= 0.3 is 0 Å². The van der Waals surface area contributed by atoms with E-state index in [2.05, 4.69) is 23.1 Å². The van der Waals surface area contributed by atoms with Gasteiger partial charge in [-0.1, -0.05) is 30.7 Å². The average Bonchev–Trinajstić information content (AvgIpc) is 3.19. The summed E-state index contributed by atoms with van der Waals surface area (Å²) in [5, 5.41) is 2.20. The van der Waals surface area contributed by atoms with E-state index in [0.717, 1.165) is 52.0 Å². The van der Waals surface area contributed by atoms with Crippen LogP contribution in [0.3, 0.4) is 0 Å². The van der Waals surface area contributed by atoms with Crippen molar-refractivity contribution in [3.8, 4) is 17.2 Å². The van der Waals surface area contributed by atoms with E-state index in [1.807, 2.05) is 25.1 Å². The summed E-state index contributed by atoms with van der Waals surface area (Å²) in [6.07, 6.45) is 5.48. The molecule has 1 aliphatic heterocycles. The summed E-state index contributed by atoms with van der Waals surface area (Å²) in [6.45, 7) is 4.17. The van der Waals surface area contributed by atoms with Crippen LogP contribution in [0.15, 0.2) is 40.8 Å². The maximum Gasteiger partial charge on any atom is 0.227 e. The van der Waals surface area contributed by atoms with Crippen molar-refractivity contribution >= 4 is 10.8 Å². The van der Waals surface area contributed by atoms with Gasteiger partial charge in [0.1, 0.15) is 11.5 Å². The van der Waals surface area contributed by atoms with Gasteiger partial charge in [0.15, 0.2) is 0 Å². The number of methoxy groups -OCH3 is 1. The lowest BCUT2D eigenvalue weighted by molar-refractivity contribution is 0.233. The molecule has 4 heteroatoms. The average molecular weight is 362 g/mol. The molecule has 2 atom stereocenters. The highest BCUT2D eigenvalue weighted by Crippen LogP contribution is 2.38. The summed E-state index contributed by atoms with van der Waals surface area (Å²) in [7, 11) is 1.71. The number of aromatic nitrogens is 1. The van der Waals surface area contributed by atoms with Crippen LogP contribution in [0.1, 0.15) is 37.1 Å². The monoisotopic (exact) mass is 362 g/mol. The molecular formula is C23H26N2O2. The molecule has 27 heavy (non-hydrogen) atoms. The van der Waals surface area contributed by atoms with E-state index in [9.17, 15) is 0 Å². The molecule has 1 saturated heterocycles. The minimum Gasteiger partial charge on any atom is -0.496 e. The first-order valence-electron chi connectivity index (χ1n) is 9.99. The normalized spacial score (nSPS) is 22.4. The zero-order valence-corrected chi connectivity index (χ0v) is 16.1. The Balaban J connectivity index is 1.49. The summed E-state index contributed by atoms with van der Waals surface area (Å²) >= 11 is 0. The molecule has 2 heterocycles. The molecule has 4 nitrogen and oxygen atoms in total. The quantitative estimate of drug-likeness (QED) is 0.640. The molecule has 140 valence electrons. The van der Waals surface area contributed by atoms with Crippen LogP contribution in [-0.2, 0) is 6.54 Å². The van der Waals surface area contributed by atoms with Crippen LogP contribution in [-0.4, -0.2) is 29.6 Å². The lowest BCUT2D eigenvalue weighted by Gasteiger charge is -2.23. The summed E-state index contributed by atoms with van der Waals surface area (Å²) in [4.78, 5) is 7.54. The summed E-state index contributed by atoms with van der Waals surface area (Å²) in [5.74, 6) is 3.41. The van der Waals surface area contributed by atoms with E-state index in [1.54, 1.807) is 7.11 Å². The molecular weight excluding hydrogens is 336 g/mol. The third-order valence-electron chi connectivity index (χ3n) is 6.34. The van der Waals surface area contributed by atoms with E-state index in [0.29, 0.717) is 5.89 Å². The second-order valence-corrected chi connectivity index (χ2v) is 8.00. The molecule has 0 spiro atoms. The van der Waals surface area contributed by atoms with Gasteiger partial charge in [0.2, 0.25) is 5.89 Å². The molecule has 0 unspecified atom stereocenters. The van der Waals surface area contributed by atoms with Crippen LogP contribution in [0, 0.1) is 12.8 Å². The molecule has 1 aromatic heterocycles. The van der Waals surface area contributed by atoms with E-state index >= 15 is 0 Å². The van der Waals surface area contributed by atoms with Crippen LogP contribution in [0.25, 0.3) is 22.2 Å². The molecule has 2 aliphatic rings. The molecule has 0 N–H and O–H groups in total. The number of aryl methyl sites for hydroxylation is 1. The van der Waals surface area contributed by atoms with Crippen LogP contribution in [0.5, 0.6) is 5.75 Å². The molecule has 0 radical (unpaired) electrons. The highest BCUT2D eigenvalue weighted by molar-refractivity contribution is 5.98. The number of ether oxygens (including phenoxy) is 1. The number of likely N-dealkylation sites (tertiary alicyclic amines) is 1. The van der Waals surface area contributed by atoms with E-state index < -0.39 is 0 Å². The third-order valence-corrected chi connectivity index (χ3v) is 6.34. The summed E-state index contributed by atoms with van der Waals surface area (Å²) in [6, 6.07) is 13.1. The topological polar surface area (TPSA) is 38.5 Å². The standard InChI is InChI=1S/C23H26N2O2/c1-15-21(14-25-13-16-6-5-7-17(25)12-16)24-23(27-15)20-10-11-22(26-2)19-9-4-3-8-18(19)20/h3-4,8-11,16-17H,5-7,12-14H2,1-2H3/t16-,17+/m0/s1. The SMILES string of the molecule is COc1ccc(-c2nc(CN3C[C@H]4CCC[C@@H]3C4)c(C)o2)c2ccccc12. The second-order valence-electron chi connectivity index (χ2n) is 8.00. The minimum absolute atomic E-state index is 0.712. The van der Waals surface area contributed by atoms with E-state index in [4.69, 9.17) is 14.1 Å². The third kappa shape index (κ3) is 2.92. The van der Waals surface area contributed by atoms with Crippen molar-refractivity contribution in [3.05, 3.63) is 47.9 Å². The number of hydrogen-bond acceptors (Lipinski definition) is 4. The lowest BCUT2D eigenvalue weighted by Crippen LogP contribution is -2.28.